The zero-order valence-electron chi connectivity index (χ0n) is 40.7. The average molecular weight is 883 g/mol. The van der Waals surface area contributed by atoms with Crippen LogP contribution in [0.25, 0.3) is 0 Å². The molecular weight excluding hydrogens is 793 g/mol. The van der Waals surface area contributed by atoms with Crippen molar-refractivity contribution in [3.8, 4) is 0 Å². The standard InChI is InChI=1S/C58H90O6/c1-4-7-10-13-16-19-22-25-27-28-29-30-31-34-36-39-42-45-48-51-57(60)63-54-55(53-62-56(59)50-47-44-41-38-35-32-24-21-18-15-12-9-6-3)64-58(61)52-49-46-43-40-37-33-26-23-20-17-14-11-8-5-2/h7-12,15-21,24-25,27,29-30,32,35,38,41,55H,4-6,13-14,22-23,26,28,31,33-34,36-37,39-40,42-54H2,1-3H3/b10-7-,11-8-,12-9-,18-15-,19-16-,20-17-,24-21-,27-25-,30-29-,35-32-,41-38-. The highest BCUT2D eigenvalue weighted by molar-refractivity contribution is 5.71. The Kier molecular flexibility index (Phi) is 47.6. The molecule has 6 nitrogen and oxygen atoms in total. The van der Waals surface area contributed by atoms with E-state index in [9.17, 15) is 14.4 Å². The van der Waals surface area contributed by atoms with Crippen molar-refractivity contribution < 1.29 is 28.6 Å². The quantitative estimate of drug-likeness (QED) is 0.0200. The van der Waals surface area contributed by atoms with E-state index in [1.807, 2.05) is 54.7 Å². The van der Waals surface area contributed by atoms with E-state index in [0.717, 1.165) is 116 Å². The summed E-state index contributed by atoms with van der Waals surface area (Å²) in [6, 6.07) is 0. The summed E-state index contributed by atoms with van der Waals surface area (Å²) in [5, 5.41) is 0. The molecule has 0 aliphatic carbocycles. The van der Waals surface area contributed by atoms with Crippen molar-refractivity contribution in [2.75, 3.05) is 13.2 Å². The predicted octanol–water partition coefficient (Wildman–Crippen LogP) is 16.7. The van der Waals surface area contributed by atoms with Gasteiger partial charge in [-0.1, -0.05) is 212 Å². The molecule has 0 aromatic heterocycles. The van der Waals surface area contributed by atoms with Crippen LogP contribution in [-0.2, 0) is 28.6 Å². The van der Waals surface area contributed by atoms with Gasteiger partial charge in [-0.05, 0) is 96.3 Å². The molecule has 0 N–H and O–H groups in total. The van der Waals surface area contributed by atoms with Crippen LogP contribution in [0.3, 0.4) is 0 Å². The lowest BCUT2D eigenvalue weighted by atomic mass is 10.1. The molecule has 0 aromatic carbocycles. The number of allylic oxidation sites excluding steroid dienone is 22. The Labute approximate surface area is 392 Å². The van der Waals surface area contributed by atoms with E-state index in [-0.39, 0.29) is 37.5 Å². The van der Waals surface area contributed by atoms with Crippen molar-refractivity contribution in [1.82, 2.24) is 0 Å². The van der Waals surface area contributed by atoms with Crippen molar-refractivity contribution in [2.45, 2.75) is 200 Å². The Balaban J connectivity index is 4.51. The average Bonchev–Trinajstić information content (AvgIpc) is 3.29. The molecule has 0 saturated heterocycles. The molecule has 0 fully saturated rings. The van der Waals surface area contributed by atoms with E-state index in [4.69, 9.17) is 14.2 Å². The number of esters is 3. The number of carbonyl (C=O) groups excluding carboxylic acids is 3. The van der Waals surface area contributed by atoms with Crippen molar-refractivity contribution in [1.29, 1.82) is 0 Å². The second-order valence-corrected chi connectivity index (χ2v) is 16.1. The number of hydrogen-bond acceptors (Lipinski definition) is 6. The Morgan fingerprint density at radius 3 is 1.11 bits per heavy atom. The first-order chi connectivity index (χ1) is 31.5. The highest BCUT2D eigenvalue weighted by atomic mass is 16.6. The molecule has 0 radical (unpaired) electrons. The largest absolute Gasteiger partial charge is 0.462 e. The predicted molar refractivity (Wildman–Crippen MR) is 274 cm³/mol. The fourth-order valence-corrected chi connectivity index (χ4v) is 6.32. The lowest BCUT2D eigenvalue weighted by Crippen LogP contribution is -2.30. The number of carbonyl (C=O) groups is 3. The summed E-state index contributed by atoms with van der Waals surface area (Å²) in [5.74, 6) is -1.03. The molecule has 64 heavy (non-hydrogen) atoms. The number of ether oxygens (including phenoxy) is 3. The molecular formula is C58H90O6. The van der Waals surface area contributed by atoms with Gasteiger partial charge >= 0.3 is 17.9 Å². The van der Waals surface area contributed by atoms with Crippen LogP contribution >= 0.6 is 0 Å². The molecule has 1 atom stereocenters. The molecule has 0 heterocycles. The molecule has 0 rings (SSSR count). The van der Waals surface area contributed by atoms with Crippen LogP contribution in [0, 0.1) is 0 Å². The summed E-state index contributed by atoms with van der Waals surface area (Å²) < 4.78 is 16.7. The van der Waals surface area contributed by atoms with Gasteiger partial charge in [0.15, 0.2) is 6.10 Å². The Hall–Kier alpha value is -4.45. The Morgan fingerprint density at radius 1 is 0.328 bits per heavy atom. The summed E-state index contributed by atoms with van der Waals surface area (Å²) in [7, 11) is 0. The SMILES string of the molecule is CC\C=C/C=C\C=C/C=C\C=C/CCCC(=O)OCC(COC(=O)CCCCCCCC/C=C\C/C=C\C/C=C\C/C=C\CC)OC(=O)CCCCCCCCC/C=C\C/C=C\CC. The molecule has 0 aliphatic rings. The van der Waals surface area contributed by atoms with Gasteiger partial charge in [0.2, 0.25) is 0 Å². The van der Waals surface area contributed by atoms with Crippen LogP contribution in [0.15, 0.2) is 134 Å². The summed E-state index contributed by atoms with van der Waals surface area (Å²) in [6.07, 6.45) is 71.6. The highest BCUT2D eigenvalue weighted by Crippen LogP contribution is 2.13. The highest BCUT2D eigenvalue weighted by Gasteiger charge is 2.19. The molecule has 0 aromatic rings. The topological polar surface area (TPSA) is 78.9 Å². The molecule has 0 saturated carbocycles. The van der Waals surface area contributed by atoms with Crippen molar-refractivity contribution in [3.63, 3.8) is 0 Å². The first kappa shape index (κ1) is 59.5. The molecule has 0 bridgehead atoms. The van der Waals surface area contributed by atoms with Crippen molar-refractivity contribution in [3.05, 3.63) is 134 Å². The van der Waals surface area contributed by atoms with E-state index in [2.05, 4.69) is 99.8 Å². The maximum absolute atomic E-state index is 12.8. The zero-order chi connectivity index (χ0) is 46.5. The minimum Gasteiger partial charge on any atom is -0.462 e. The van der Waals surface area contributed by atoms with E-state index >= 15 is 0 Å². The van der Waals surface area contributed by atoms with Crippen LogP contribution < -0.4 is 0 Å². The third kappa shape index (κ3) is 48.6. The van der Waals surface area contributed by atoms with Crippen LogP contribution in [-0.4, -0.2) is 37.2 Å². The zero-order valence-corrected chi connectivity index (χ0v) is 40.7. The summed E-state index contributed by atoms with van der Waals surface area (Å²) in [4.78, 5) is 37.9. The lowest BCUT2D eigenvalue weighted by Gasteiger charge is -2.18. The van der Waals surface area contributed by atoms with Gasteiger partial charge in [0.05, 0.1) is 0 Å². The third-order valence-corrected chi connectivity index (χ3v) is 10.0. The van der Waals surface area contributed by atoms with E-state index < -0.39 is 6.10 Å². The summed E-state index contributed by atoms with van der Waals surface area (Å²) in [6.45, 7) is 6.17. The van der Waals surface area contributed by atoms with Gasteiger partial charge in [0.25, 0.3) is 0 Å². The number of unbranched alkanes of at least 4 members (excludes halogenated alkanes) is 14. The van der Waals surface area contributed by atoms with Crippen LogP contribution in [0.2, 0.25) is 0 Å². The van der Waals surface area contributed by atoms with E-state index in [0.29, 0.717) is 19.3 Å². The van der Waals surface area contributed by atoms with Gasteiger partial charge in [-0.2, -0.15) is 0 Å². The number of hydrogen-bond donors (Lipinski definition) is 0. The summed E-state index contributed by atoms with van der Waals surface area (Å²) in [5.41, 5.74) is 0. The molecule has 0 spiro atoms. The first-order valence-corrected chi connectivity index (χ1v) is 25.3. The minimum atomic E-state index is -0.821. The molecule has 0 amide bonds. The van der Waals surface area contributed by atoms with Gasteiger partial charge in [-0.15, -0.1) is 0 Å². The van der Waals surface area contributed by atoms with E-state index in [1.54, 1.807) is 0 Å². The van der Waals surface area contributed by atoms with Crippen LogP contribution in [0.1, 0.15) is 194 Å². The van der Waals surface area contributed by atoms with Crippen molar-refractivity contribution in [2.24, 2.45) is 0 Å². The monoisotopic (exact) mass is 883 g/mol. The van der Waals surface area contributed by atoms with Gasteiger partial charge in [-0.25, -0.2) is 0 Å². The smallest absolute Gasteiger partial charge is 0.306 e. The van der Waals surface area contributed by atoms with E-state index in [1.165, 1.54) is 32.1 Å². The molecule has 6 heteroatoms. The van der Waals surface area contributed by atoms with Gasteiger partial charge in [-0.3, -0.25) is 14.4 Å². The Morgan fingerprint density at radius 2 is 0.656 bits per heavy atom. The molecule has 0 aliphatic heterocycles. The van der Waals surface area contributed by atoms with Gasteiger partial charge < -0.3 is 14.2 Å². The fraction of sp³-hybridized carbons (Fsp3) is 0.569. The van der Waals surface area contributed by atoms with Crippen LogP contribution in [0.4, 0.5) is 0 Å². The second-order valence-electron chi connectivity index (χ2n) is 16.1. The fourth-order valence-electron chi connectivity index (χ4n) is 6.32. The van der Waals surface area contributed by atoms with Crippen LogP contribution in [0.5, 0.6) is 0 Å². The van der Waals surface area contributed by atoms with Gasteiger partial charge in [0.1, 0.15) is 13.2 Å². The lowest BCUT2D eigenvalue weighted by molar-refractivity contribution is -0.167. The third-order valence-electron chi connectivity index (χ3n) is 10.0. The van der Waals surface area contributed by atoms with Crippen molar-refractivity contribution >= 4 is 17.9 Å². The summed E-state index contributed by atoms with van der Waals surface area (Å²) >= 11 is 0. The second kappa shape index (κ2) is 51.2. The maximum atomic E-state index is 12.8. The Bertz CT molecular complexity index is 1430. The maximum Gasteiger partial charge on any atom is 0.306 e. The minimum absolute atomic E-state index is 0.117. The normalized spacial score (nSPS) is 13.2. The molecule has 1 unspecified atom stereocenters. The first-order valence-electron chi connectivity index (χ1n) is 25.3. The van der Waals surface area contributed by atoms with Gasteiger partial charge in [0, 0.05) is 19.3 Å². The number of rotatable bonds is 43. The molecule has 358 valence electrons.